The van der Waals surface area contributed by atoms with Crippen LogP contribution in [0.1, 0.15) is 13.8 Å². The summed E-state index contributed by atoms with van der Waals surface area (Å²) >= 11 is 0. The van der Waals surface area contributed by atoms with Crippen LogP contribution in [0.5, 0.6) is 11.5 Å². The van der Waals surface area contributed by atoms with E-state index in [1.165, 1.54) is 26.0 Å². The van der Waals surface area contributed by atoms with Gasteiger partial charge in [0.15, 0.2) is 11.5 Å². The Morgan fingerprint density at radius 2 is 1.89 bits per heavy atom. The van der Waals surface area contributed by atoms with Crippen LogP contribution in [0.3, 0.4) is 0 Å². The predicted octanol–water partition coefficient (Wildman–Crippen LogP) is 0.507. The van der Waals surface area contributed by atoms with Crippen molar-refractivity contribution < 1.29 is 23.0 Å². The van der Waals surface area contributed by atoms with Crippen LogP contribution in [0.25, 0.3) is 0 Å². The molecule has 1 aromatic rings. The molecular formula is C12H17NO5S. The van der Waals surface area contributed by atoms with Crippen molar-refractivity contribution >= 4 is 10.0 Å². The molecule has 0 atom stereocenters. The minimum atomic E-state index is -3.67. The van der Waals surface area contributed by atoms with Crippen molar-refractivity contribution in [3.05, 3.63) is 18.2 Å². The molecule has 0 saturated carbocycles. The third-order valence-corrected chi connectivity index (χ3v) is 3.92. The van der Waals surface area contributed by atoms with Gasteiger partial charge in [-0.05, 0) is 26.0 Å². The Hall–Kier alpha value is -1.31. The number of benzene rings is 1. The van der Waals surface area contributed by atoms with Crippen LogP contribution in [0.15, 0.2) is 23.1 Å². The summed E-state index contributed by atoms with van der Waals surface area (Å²) in [6, 6.07) is 4.43. The van der Waals surface area contributed by atoms with Gasteiger partial charge in [0, 0.05) is 12.6 Å². The maximum atomic E-state index is 12.0. The molecule has 1 aromatic carbocycles. The second-order valence-corrected chi connectivity index (χ2v) is 6.71. The van der Waals surface area contributed by atoms with E-state index in [0.717, 1.165) is 0 Å². The fraction of sp³-hybridized carbons (Fsp3) is 0.500. The fourth-order valence-electron chi connectivity index (χ4n) is 1.55. The largest absolute Gasteiger partial charge is 0.486 e. The van der Waals surface area contributed by atoms with Crippen LogP contribution < -0.4 is 14.2 Å². The smallest absolute Gasteiger partial charge is 0.240 e. The lowest BCUT2D eigenvalue weighted by Gasteiger charge is -2.20. The van der Waals surface area contributed by atoms with E-state index >= 15 is 0 Å². The average molecular weight is 287 g/mol. The Morgan fingerprint density at radius 3 is 2.53 bits per heavy atom. The minimum absolute atomic E-state index is 0.0657. The number of nitrogens with one attached hydrogen (secondary N) is 1. The molecule has 2 N–H and O–H groups in total. The highest BCUT2D eigenvalue weighted by Crippen LogP contribution is 2.32. The highest BCUT2D eigenvalue weighted by molar-refractivity contribution is 7.89. The summed E-state index contributed by atoms with van der Waals surface area (Å²) in [7, 11) is -3.67. The van der Waals surface area contributed by atoms with Gasteiger partial charge in [0.25, 0.3) is 0 Å². The second kappa shape index (κ2) is 4.99. The Balaban J connectivity index is 2.21. The van der Waals surface area contributed by atoms with Crippen LogP contribution in [0.4, 0.5) is 0 Å². The van der Waals surface area contributed by atoms with Crippen LogP contribution in [-0.4, -0.2) is 38.9 Å². The van der Waals surface area contributed by atoms with Gasteiger partial charge in [0.1, 0.15) is 13.2 Å². The first kappa shape index (κ1) is 14.1. The van der Waals surface area contributed by atoms with Gasteiger partial charge in [-0.1, -0.05) is 0 Å². The Bertz CT molecular complexity index is 562. The van der Waals surface area contributed by atoms with E-state index in [1.54, 1.807) is 6.07 Å². The van der Waals surface area contributed by atoms with Gasteiger partial charge in [-0.15, -0.1) is 0 Å². The van der Waals surface area contributed by atoms with Crippen molar-refractivity contribution in [3.63, 3.8) is 0 Å². The van der Waals surface area contributed by atoms with Crippen LogP contribution >= 0.6 is 0 Å². The molecule has 0 radical (unpaired) electrons. The van der Waals surface area contributed by atoms with Crippen molar-refractivity contribution in [1.29, 1.82) is 0 Å². The molecule has 0 bridgehead atoms. The van der Waals surface area contributed by atoms with Crippen molar-refractivity contribution in [2.75, 3.05) is 19.8 Å². The third kappa shape index (κ3) is 3.59. The van der Waals surface area contributed by atoms with Gasteiger partial charge in [-0.2, -0.15) is 0 Å². The lowest BCUT2D eigenvalue weighted by atomic mass is 10.1. The molecule has 0 aliphatic carbocycles. The van der Waals surface area contributed by atoms with Crippen LogP contribution in [0.2, 0.25) is 0 Å². The molecule has 0 spiro atoms. The average Bonchev–Trinajstić information content (AvgIpc) is 2.35. The van der Waals surface area contributed by atoms with E-state index in [2.05, 4.69) is 4.72 Å². The normalized spacial score (nSPS) is 15.3. The van der Waals surface area contributed by atoms with E-state index in [-0.39, 0.29) is 11.4 Å². The molecule has 6 nitrogen and oxygen atoms in total. The van der Waals surface area contributed by atoms with E-state index in [4.69, 9.17) is 9.47 Å². The zero-order valence-electron chi connectivity index (χ0n) is 10.8. The lowest BCUT2D eigenvalue weighted by Crippen LogP contribution is -2.38. The quantitative estimate of drug-likeness (QED) is 0.842. The van der Waals surface area contributed by atoms with Crippen molar-refractivity contribution in [2.24, 2.45) is 0 Å². The standard InChI is InChI=1S/C12H17NO5S/c1-12(2,14)8-13-19(15,16)9-3-4-10-11(7-9)18-6-5-17-10/h3-4,7,13-14H,5-6,8H2,1-2H3. The monoisotopic (exact) mass is 287 g/mol. The van der Waals surface area contributed by atoms with Gasteiger partial charge in [-0.3, -0.25) is 0 Å². The highest BCUT2D eigenvalue weighted by atomic mass is 32.2. The number of hydrogen-bond acceptors (Lipinski definition) is 5. The predicted molar refractivity (Wildman–Crippen MR) is 68.9 cm³/mol. The van der Waals surface area contributed by atoms with E-state index in [0.29, 0.717) is 24.7 Å². The summed E-state index contributed by atoms with van der Waals surface area (Å²) in [6.45, 7) is 3.84. The van der Waals surface area contributed by atoms with Crippen LogP contribution in [-0.2, 0) is 10.0 Å². The molecule has 0 fully saturated rings. The first-order valence-electron chi connectivity index (χ1n) is 5.90. The summed E-state index contributed by atoms with van der Waals surface area (Å²) in [5.41, 5.74) is -1.11. The van der Waals surface area contributed by atoms with Gasteiger partial charge in [-0.25, -0.2) is 13.1 Å². The topological polar surface area (TPSA) is 84.9 Å². The molecule has 19 heavy (non-hydrogen) atoms. The summed E-state index contributed by atoms with van der Waals surface area (Å²) in [5.74, 6) is 0.949. The van der Waals surface area contributed by atoms with Crippen molar-refractivity contribution in [3.8, 4) is 11.5 Å². The first-order chi connectivity index (χ1) is 8.78. The molecule has 106 valence electrons. The lowest BCUT2D eigenvalue weighted by molar-refractivity contribution is 0.0857. The van der Waals surface area contributed by atoms with Gasteiger partial charge < -0.3 is 14.6 Å². The maximum Gasteiger partial charge on any atom is 0.240 e. The molecule has 1 heterocycles. The Labute approximate surface area is 112 Å². The highest BCUT2D eigenvalue weighted by Gasteiger charge is 2.22. The number of ether oxygens (including phenoxy) is 2. The SMILES string of the molecule is CC(C)(O)CNS(=O)(=O)c1ccc2c(c1)OCCO2. The molecule has 2 rings (SSSR count). The number of hydrogen-bond donors (Lipinski definition) is 2. The second-order valence-electron chi connectivity index (χ2n) is 4.94. The number of sulfonamides is 1. The van der Waals surface area contributed by atoms with E-state index in [1.807, 2.05) is 0 Å². The van der Waals surface area contributed by atoms with E-state index < -0.39 is 15.6 Å². The Morgan fingerprint density at radius 1 is 1.26 bits per heavy atom. The van der Waals surface area contributed by atoms with Crippen LogP contribution in [0, 0.1) is 0 Å². The molecule has 0 saturated heterocycles. The number of rotatable bonds is 4. The number of aliphatic hydroxyl groups is 1. The molecule has 0 aromatic heterocycles. The first-order valence-corrected chi connectivity index (χ1v) is 7.38. The van der Waals surface area contributed by atoms with Gasteiger partial charge >= 0.3 is 0 Å². The molecule has 1 aliphatic heterocycles. The zero-order chi connectivity index (χ0) is 14.1. The molecule has 7 heteroatoms. The maximum absolute atomic E-state index is 12.0. The summed E-state index contributed by atoms with van der Waals surface area (Å²) in [6.07, 6.45) is 0. The van der Waals surface area contributed by atoms with Gasteiger partial charge in [0.2, 0.25) is 10.0 Å². The van der Waals surface area contributed by atoms with Gasteiger partial charge in [0.05, 0.1) is 10.5 Å². The van der Waals surface area contributed by atoms with E-state index in [9.17, 15) is 13.5 Å². The van der Waals surface area contributed by atoms with Crippen molar-refractivity contribution in [1.82, 2.24) is 4.72 Å². The fourth-order valence-corrected chi connectivity index (χ4v) is 2.77. The summed E-state index contributed by atoms with van der Waals surface area (Å²) < 4.78 is 37.1. The minimum Gasteiger partial charge on any atom is -0.486 e. The molecule has 0 unspecified atom stereocenters. The summed E-state index contributed by atoms with van der Waals surface area (Å²) in [4.78, 5) is 0.0843. The molecule has 0 amide bonds. The Kier molecular flexibility index (Phi) is 3.71. The number of fused-ring (bicyclic) bond motifs is 1. The third-order valence-electron chi connectivity index (χ3n) is 2.52. The summed E-state index contributed by atoms with van der Waals surface area (Å²) in [5, 5.41) is 9.55. The molecule has 1 aliphatic rings. The molecular weight excluding hydrogens is 270 g/mol. The zero-order valence-corrected chi connectivity index (χ0v) is 11.7. The van der Waals surface area contributed by atoms with Crippen molar-refractivity contribution in [2.45, 2.75) is 24.3 Å².